The van der Waals surface area contributed by atoms with Crippen LogP contribution in [-0.2, 0) is 28.3 Å². The Morgan fingerprint density at radius 1 is 0.980 bits per heavy atom. The lowest BCUT2D eigenvalue weighted by molar-refractivity contribution is -0.137. The maximum Gasteiger partial charge on any atom is 0.416 e. The molecule has 0 radical (unpaired) electrons. The zero-order valence-corrected chi connectivity index (χ0v) is 29.6. The van der Waals surface area contributed by atoms with Crippen molar-refractivity contribution in [2.75, 3.05) is 39.4 Å². The number of hydrogen-bond acceptors (Lipinski definition) is 8. The highest BCUT2D eigenvalue weighted by Gasteiger charge is 2.32. The first-order valence-electron chi connectivity index (χ1n) is 15.6. The molecule has 0 spiro atoms. The number of rotatable bonds is 8. The Labute approximate surface area is 302 Å². The number of morpholine rings is 1. The highest BCUT2D eigenvalue weighted by atomic mass is 35.5. The Morgan fingerprint density at radius 3 is 2.36 bits per heavy atom. The molecule has 1 amide bonds. The molecule has 2 aliphatic rings. The maximum absolute atomic E-state index is 14.0. The third kappa shape index (κ3) is 8.52. The van der Waals surface area contributed by atoms with Crippen LogP contribution in [0.15, 0.2) is 54.6 Å². The molecular formula is C33H31Cl2F3N6O4S2. The van der Waals surface area contributed by atoms with E-state index in [1.807, 2.05) is 5.01 Å². The number of alkyl halides is 3. The second kappa shape index (κ2) is 15.8. The number of halogens is 5. The van der Waals surface area contributed by atoms with E-state index in [9.17, 15) is 26.4 Å². The van der Waals surface area contributed by atoms with Crippen LogP contribution in [-0.4, -0.2) is 77.9 Å². The Kier molecular flexibility index (Phi) is 11.5. The van der Waals surface area contributed by atoms with Crippen LogP contribution in [0.2, 0.25) is 10.0 Å². The predicted molar refractivity (Wildman–Crippen MR) is 185 cm³/mol. The van der Waals surface area contributed by atoms with Crippen molar-refractivity contribution in [3.8, 4) is 28.1 Å². The van der Waals surface area contributed by atoms with Gasteiger partial charge < -0.3 is 4.74 Å². The smallest absolute Gasteiger partial charge is 0.379 e. The van der Waals surface area contributed by atoms with E-state index in [0.717, 1.165) is 31.4 Å². The molecule has 0 atom stereocenters. The van der Waals surface area contributed by atoms with Gasteiger partial charge in [-0.1, -0.05) is 41.5 Å². The summed E-state index contributed by atoms with van der Waals surface area (Å²) in [6.07, 6.45) is -1.57. The molecule has 2 aromatic carbocycles. The highest BCUT2D eigenvalue weighted by molar-refractivity contribution is 7.69. The largest absolute Gasteiger partial charge is 0.416 e. The Balaban J connectivity index is 1.47. The molecule has 0 unspecified atom stereocenters. The molecule has 264 valence electrons. The van der Waals surface area contributed by atoms with Crippen molar-refractivity contribution >= 4 is 51.3 Å². The molecular weight excluding hydrogens is 736 g/mol. The standard InChI is InChI=1S/C33H31Cl2F3N6O4S2/c34-24-9-12-28(27(35)20-24)44-31(29-13-11-25(49-29)10-6-22-4-7-23(8-5-22)33(36,37)38)26(21-43(50(46)47)42-16-18-48-19-17-42)30(39-44)32(45)40-41-14-2-1-3-15-41/h4-5,7-9,11-13,20,50H,1-3,14-19,21H2,(H,40,45). The number of aromatic nitrogens is 2. The minimum atomic E-state index is -4.46. The normalized spacial score (nSPS) is 16.1. The summed E-state index contributed by atoms with van der Waals surface area (Å²) in [6, 6.07) is 12.9. The number of nitrogens with zero attached hydrogens (tertiary/aromatic N) is 5. The van der Waals surface area contributed by atoms with Crippen molar-refractivity contribution in [1.29, 1.82) is 0 Å². The molecule has 1 N–H and O–H groups in total. The van der Waals surface area contributed by atoms with Crippen LogP contribution in [0.5, 0.6) is 0 Å². The molecule has 0 aliphatic carbocycles. The summed E-state index contributed by atoms with van der Waals surface area (Å²) < 4.78 is 72.8. The molecule has 4 heterocycles. The van der Waals surface area contributed by atoms with Gasteiger partial charge in [0.25, 0.3) is 5.91 Å². The number of piperidine rings is 1. The fourth-order valence-corrected chi connectivity index (χ4v) is 7.71. The topological polar surface area (TPSA) is 100 Å². The number of carbonyl (C=O) groups excluding carboxylic acids is 1. The first-order valence-corrected chi connectivity index (χ1v) is 18.4. The SMILES string of the molecule is O=C(NN1CCCCC1)c1nn(-c2ccc(Cl)cc2Cl)c(-c2ccc(C#Cc3ccc(C(F)(F)F)cc3)s2)c1CN(N1CCOCC1)[SH](=O)=O. The first-order chi connectivity index (χ1) is 24.0. The van der Waals surface area contributed by atoms with Crippen LogP contribution in [0.4, 0.5) is 13.2 Å². The van der Waals surface area contributed by atoms with Gasteiger partial charge in [-0.15, -0.1) is 15.8 Å². The summed E-state index contributed by atoms with van der Waals surface area (Å²) in [5, 5.41) is 8.88. The number of hydrogen-bond donors (Lipinski definition) is 2. The lowest BCUT2D eigenvalue weighted by Gasteiger charge is -2.33. The van der Waals surface area contributed by atoms with E-state index in [-0.39, 0.29) is 17.3 Å². The summed E-state index contributed by atoms with van der Waals surface area (Å²) in [5.41, 5.74) is 3.74. The number of thiophene rings is 1. The van der Waals surface area contributed by atoms with E-state index < -0.39 is 28.5 Å². The van der Waals surface area contributed by atoms with Crippen molar-refractivity contribution in [3.05, 3.63) is 91.9 Å². The fraction of sp³-hybridized carbons (Fsp3) is 0.333. The average Bonchev–Trinajstić information content (AvgIpc) is 3.71. The van der Waals surface area contributed by atoms with Crippen LogP contribution in [0.3, 0.4) is 0 Å². The van der Waals surface area contributed by atoms with Crippen LogP contribution < -0.4 is 5.43 Å². The number of benzene rings is 2. The van der Waals surface area contributed by atoms with Gasteiger partial charge in [0.15, 0.2) is 5.69 Å². The predicted octanol–water partition coefficient (Wildman–Crippen LogP) is 6.03. The van der Waals surface area contributed by atoms with Crippen molar-refractivity contribution < 1.29 is 31.1 Å². The minimum Gasteiger partial charge on any atom is -0.379 e. The van der Waals surface area contributed by atoms with Gasteiger partial charge >= 0.3 is 6.18 Å². The number of amides is 1. The van der Waals surface area contributed by atoms with Gasteiger partial charge in [-0.3, -0.25) is 10.2 Å². The Bertz CT molecular complexity index is 1990. The number of nitrogens with one attached hydrogen (secondary N) is 1. The molecule has 0 saturated carbocycles. The zero-order valence-electron chi connectivity index (χ0n) is 26.4. The molecule has 50 heavy (non-hydrogen) atoms. The van der Waals surface area contributed by atoms with Gasteiger partial charge in [-0.25, -0.2) is 23.1 Å². The van der Waals surface area contributed by atoms with Gasteiger partial charge in [0, 0.05) is 42.3 Å². The number of ether oxygens (including phenoxy) is 1. The molecule has 17 heteroatoms. The van der Waals surface area contributed by atoms with Crippen molar-refractivity contribution in [3.63, 3.8) is 0 Å². The lowest BCUT2D eigenvalue weighted by atomic mass is 10.1. The van der Waals surface area contributed by atoms with E-state index in [1.54, 1.807) is 35.3 Å². The molecule has 10 nitrogen and oxygen atoms in total. The van der Waals surface area contributed by atoms with Crippen LogP contribution >= 0.6 is 34.5 Å². The van der Waals surface area contributed by atoms with E-state index in [4.69, 9.17) is 33.0 Å². The second-order valence-electron chi connectivity index (χ2n) is 11.5. The monoisotopic (exact) mass is 766 g/mol. The Hall–Kier alpha value is -3.46. The third-order valence-corrected chi connectivity index (χ3v) is 10.5. The summed E-state index contributed by atoms with van der Waals surface area (Å²) in [6.45, 7) is 2.43. The fourth-order valence-electron chi connectivity index (χ4n) is 5.66. The molecule has 2 aromatic heterocycles. The van der Waals surface area contributed by atoms with E-state index in [2.05, 4.69) is 17.3 Å². The Morgan fingerprint density at radius 2 is 1.70 bits per heavy atom. The second-order valence-corrected chi connectivity index (χ2v) is 14.4. The van der Waals surface area contributed by atoms with E-state index >= 15 is 0 Å². The molecule has 2 fully saturated rings. The van der Waals surface area contributed by atoms with Crippen molar-refractivity contribution in [2.24, 2.45) is 0 Å². The van der Waals surface area contributed by atoms with Crippen LogP contribution in [0.1, 0.15) is 51.3 Å². The van der Waals surface area contributed by atoms with E-state index in [0.29, 0.717) is 76.7 Å². The van der Waals surface area contributed by atoms with Crippen molar-refractivity contribution in [2.45, 2.75) is 32.0 Å². The third-order valence-electron chi connectivity index (χ3n) is 8.14. The van der Waals surface area contributed by atoms with Gasteiger partial charge in [-0.05, 0) is 67.4 Å². The lowest BCUT2D eigenvalue weighted by Crippen LogP contribution is -2.48. The summed E-state index contributed by atoms with van der Waals surface area (Å²) in [4.78, 5) is 15.2. The summed E-state index contributed by atoms with van der Waals surface area (Å²) in [7, 11) is -3.14. The maximum atomic E-state index is 14.0. The summed E-state index contributed by atoms with van der Waals surface area (Å²) >= 11 is 14.2. The highest BCUT2D eigenvalue weighted by Crippen LogP contribution is 2.37. The summed E-state index contributed by atoms with van der Waals surface area (Å²) in [5.74, 6) is 5.39. The molecule has 0 bridgehead atoms. The molecule has 6 rings (SSSR count). The van der Waals surface area contributed by atoms with Gasteiger partial charge in [0.1, 0.15) is 0 Å². The van der Waals surface area contributed by atoms with Crippen molar-refractivity contribution in [1.82, 2.24) is 29.6 Å². The zero-order chi connectivity index (χ0) is 35.4. The molecule has 2 aliphatic heterocycles. The minimum absolute atomic E-state index is 0.0116. The average molecular weight is 768 g/mol. The number of hydrazine groups is 2. The van der Waals surface area contributed by atoms with E-state index in [1.165, 1.54) is 32.6 Å². The van der Waals surface area contributed by atoms with Gasteiger partial charge in [-0.2, -0.15) is 18.3 Å². The van der Waals surface area contributed by atoms with Gasteiger partial charge in [0.2, 0.25) is 10.9 Å². The molecule has 4 aromatic rings. The van der Waals surface area contributed by atoms with Crippen LogP contribution in [0.25, 0.3) is 16.3 Å². The van der Waals surface area contributed by atoms with Gasteiger partial charge in [0.05, 0.1) is 51.5 Å². The first kappa shape index (κ1) is 36.3. The number of thiol groups is 1. The quantitative estimate of drug-likeness (QED) is 0.167. The molecule has 2 saturated heterocycles. The van der Waals surface area contributed by atoms with Crippen LogP contribution in [0, 0.1) is 11.8 Å². The number of carbonyl (C=O) groups is 1.